The molecule has 0 spiro atoms. The molecule has 0 saturated heterocycles. The van der Waals surface area contributed by atoms with Crippen LogP contribution in [0.4, 0.5) is 0 Å². The van der Waals surface area contributed by atoms with Crippen molar-refractivity contribution in [1.29, 1.82) is 0 Å². The molecule has 1 N–H and O–H groups in total. The van der Waals surface area contributed by atoms with E-state index in [9.17, 15) is 4.79 Å². The fourth-order valence-corrected chi connectivity index (χ4v) is 2.36. The molecule has 1 amide bonds. The average molecular weight is 313 g/mol. The Morgan fingerprint density at radius 1 is 1.18 bits per heavy atom. The zero-order valence-electron chi connectivity index (χ0n) is 11.8. The molecule has 3 rings (SSSR count). The zero-order chi connectivity index (χ0) is 15.5. The van der Waals surface area contributed by atoms with Crippen molar-refractivity contribution < 1.29 is 9.53 Å². The number of benzene rings is 2. The van der Waals surface area contributed by atoms with Crippen LogP contribution < -0.4 is 10.1 Å². The molecule has 0 radical (unpaired) electrons. The van der Waals surface area contributed by atoms with Gasteiger partial charge < -0.3 is 10.1 Å². The normalized spacial score (nSPS) is 15.6. The van der Waals surface area contributed by atoms with Gasteiger partial charge in [-0.2, -0.15) is 0 Å². The van der Waals surface area contributed by atoms with E-state index in [2.05, 4.69) is 10.3 Å². The highest BCUT2D eigenvalue weighted by molar-refractivity contribution is 6.31. The highest BCUT2D eigenvalue weighted by atomic mass is 35.5. The van der Waals surface area contributed by atoms with Gasteiger partial charge in [-0.15, -0.1) is 0 Å². The van der Waals surface area contributed by atoms with Crippen LogP contribution in [-0.4, -0.2) is 18.9 Å². The van der Waals surface area contributed by atoms with Crippen LogP contribution in [0.2, 0.25) is 5.02 Å². The number of aliphatic imine (C=N–C) groups is 1. The van der Waals surface area contributed by atoms with E-state index in [4.69, 9.17) is 16.3 Å². The lowest BCUT2D eigenvalue weighted by Crippen LogP contribution is -2.24. The first kappa shape index (κ1) is 14.4. The van der Waals surface area contributed by atoms with Gasteiger partial charge in [-0.1, -0.05) is 41.9 Å². The number of methoxy groups -OCH3 is 1. The largest absolute Gasteiger partial charge is 0.496 e. The highest BCUT2D eigenvalue weighted by Crippen LogP contribution is 2.23. The topological polar surface area (TPSA) is 50.7 Å². The number of ether oxygens (including phenoxy) is 1. The van der Waals surface area contributed by atoms with Gasteiger partial charge in [-0.25, -0.2) is 4.99 Å². The number of hydrogen-bond acceptors (Lipinski definition) is 3. The maximum absolute atomic E-state index is 12.1. The molecule has 22 heavy (non-hydrogen) atoms. The molecule has 1 aliphatic rings. The van der Waals surface area contributed by atoms with E-state index in [0.29, 0.717) is 22.3 Å². The average Bonchev–Trinajstić information content (AvgIpc) is 2.89. The summed E-state index contributed by atoms with van der Waals surface area (Å²) >= 11 is 5.97. The second-order valence-corrected chi connectivity index (χ2v) is 5.13. The van der Waals surface area contributed by atoms with Gasteiger partial charge in [-0.05, 0) is 24.3 Å². The quantitative estimate of drug-likeness (QED) is 0.884. The van der Waals surface area contributed by atoms with E-state index in [0.717, 1.165) is 11.1 Å². The van der Waals surface area contributed by atoms with Crippen molar-refractivity contribution in [2.75, 3.05) is 7.11 Å². The summed E-state index contributed by atoms with van der Waals surface area (Å²) in [5, 5.41) is 3.34. The monoisotopic (exact) mass is 312 g/mol. The molecule has 1 aliphatic heterocycles. The van der Waals surface area contributed by atoms with Crippen LogP contribution in [0.3, 0.4) is 0 Å². The third-order valence-corrected chi connectivity index (χ3v) is 3.46. The number of nitrogens with one attached hydrogen (secondary N) is 1. The van der Waals surface area contributed by atoms with Gasteiger partial charge in [0, 0.05) is 16.1 Å². The Kier molecular flexibility index (Phi) is 3.94. The van der Waals surface area contributed by atoms with Gasteiger partial charge in [0.05, 0.1) is 7.11 Å². The van der Waals surface area contributed by atoms with Gasteiger partial charge in [0.1, 0.15) is 17.3 Å². The Hall–Kier alpha value is -2.59. The molecule has 0 atom stereocenters. The molecule has 0 aromatic heterocycles. The van der Waals surface area contributed by atoms with E-state index in [1.165, 1.54) is 0 Å². The third kappa shape index (κ3) is 2.87. The first-order valence-electron chi connectivity index (χ1n) is 6.68. The van der Waals surface area contributed by atoms with Crippen molar-refractivity contribution in [3.05, 3.63) is 70.4 Å². The SMILES string of the molecule is COc1ccccc1/C=C1\N=C(c2cccc(Cl)c2)NC1=O. The predicted molar refractivity (Wildman–Crippen MR) is 87.1 cm³/mol. The van der Waals surface area contributed by atoms with Crippen molar-refractivity contribution >= 4 is 29.4 Å². The minimum Gasteiger partial charge on any atom is -0.496 e. The van der Waals surface area contributed by atoms with Crippen LogP contribution in [0.25, 0.3) is 6.08 Å². The van der Waals surface area contributed by atoms with E-state index >= 15 is 0 Å². The second-order valence-electron chi connectivity index (χ2n) is 4.70. The molecule has 5 heteroatoms. The summed E-state index contributed by atoms with van der Waals surface area (Å²) < 4.78 is 5.28. The molecule has 1 heterocycles. The fourth-order valence-electron chi connectivity index (χ4n) is 2.17. The van der Waals surface area contributed by atoms with Crippen LogP contribution in [0.1, 0.15) is 11.1 Å². The van der Waals surface area contributed by atoms with Crippen molar-refractivity contribution in [1.82, 2.24) is 5.32 Å². The smallest absolute Gasteiger partial charge is 0.275 e. The van der Waals surface area contributed by atoms with Gasteiger partial charge in [-0.3, -0.25) is 4.79 Å². The first-order valence-corrected chi connectivity index (χ1v) is 7.06. The van der Waals surface area contributed by atoms with Gasteiger partial charge in [0.25, 0.3) is 5.91 Å². The second kappa shape index (κ2) is 6.03. The van der Waals surface area contributed by atoms with Crippen molar-refractivity contribution in [3.8, 4) is 5.75 Å². The highest BCUT2D eigenvalue weighted by Gasteiger charge is 2.21. The molecule has 0 aliphatic carbocycles. The van der Waals surface area contributed by atoms with Crippen LogP contribution >= 0.6 is 11.6 Å². The first-order chi connectivity index (χ1) is 10.7. The van der Waals surface area contributed by atoms with E-state index in [-0.39, 0.29) is 5.91 Å². The zero-order valence-corrected chi connectivity index (χ0v) is 12.6. The van der Waals surface area contributed by atoms with Gasteiger partial charge in [0.15, 0.2) is 0 Å². The summed E-state index contributed by atoms with van der Waals surface area (Å²) in [6, 6.07) is 14.6. The summed E-state index contributed by atoms with van der Waals surface area (Å²) in [6.45, 7) is 0. The molecular formula is C17H13ClN2O2. The third-order valence-electron chi connectivity index (χ3n) is 3.23. The Morgan fingerprint density at radius 2 is 2.00 bits per heavy atom. The van der Waals surface area contributed by atoms with Crippen LogP contribution in [0.5, 0.6) is 5.75 Å². The maximum Gasteiger partial charge on any atom is 0.275 e. The molecule has 110 valence electrons. The van der Waals surface area contributed by atoms with E-state index in [1.807, 2.05) is 36.4 Å². The Balaban J connectivity index is 1.98. The lowest BCUT2D eigenvalue weighted by molar-refractivity contribution is -0.115. The number of amidine groups is 1. The lowest BCUT2D eigenvalue weighted by atomic mass is 10.1. The molecule has 2 aromatic rings. The summed E-state index contributed by atoms with van der Waals surface area (Å²) in [5.41, 5.74) is 1.90. The number of halogens is 1. The molecule has 0 fully saturated rings. The minimum atomic E-state index is -0.249. The fraction of sp³-hybridized carbons (Fsp3) is 0.0588. The lowest BCUT2D eigenvalue weighted by Gasteiger charge is -2.03. The molecule has 0 unspecified atom stereocenters. The minimum absolute atomic E-state index is 0.249. The summed E-state index contributed by atoms with van der Waals surface area (Å²) in [6.07, 6.45) is 1.70. The number of amides is 1. The maximum atomic E-state index is 12.1. The molecular weight excluding hydrogens is 300 g/mol. The number of carbonyl (C=O) groups is 1. The summed E-state index contributed by atoms with van der Waals surface area (Å²) in [7, 11) is 1.59. The van der Waals surface area contributed by atoms with Crippen LogP contribution in [-0.2, 0) is 4.79 Å². The molecule has 2 aromatic carbocycles. The number of carbonyl (C=O) groups excluding carboxylic acids is 1. The summed E-state index contributed by atoms with van der Waals surface area (Å²) in [5.74, 6) is 0.934. The molecule has 4 nitrogen and oxygen atoms in total. The standard InChI is InChI=1S/C17H13ClN2O2/c1-22-15-8-3-2-5-11(15)10-14-17(21)20-16(19-14)12-6-4-7-13(18)9-12/h2-10H,1H3,(H,19,20,21)/b14-10-. The van der Waals surface area contributed by atoms with Gasteiger partial charge >= 0.3 is 0 Å². The van der Waals surface area contributed by atoms with E-state index < -0.39 is 0 Å². The van der Waals surface area contributed by atoms with Gasteiger partial charge in [0.2, 0.25) is 0 Å². The Bertz CT molecular complexity index is 797. The number of para-hydroxylation sites is 1. The Morgan fingerprint density at radius 3 is 2.77 bits per heavy atom. The number of rotatable bonds is 3. The number of hydrogen-bond donors (Lipinski definition) is 1. The van der Waals surface area contributed by atoms with E-state index in [1.54, 1.807) is 25.3 Å². The molecule has 0 saturated carbocycles. The predicted octanol–water partition coefficient (Wildman–Crippen LogP) is 3.27. The van der Waals surface area contributed by atoms with Crippen LogP contribution in [0.15, 0.2) is 59.2 Å². The summed E-state index contributed by atoms with van der Waals surface area (Å²) in [4.78, 5) is 16.4. The van der Waals surface area contributed by atoms with Crippen molar-refractivity contribution in [2.24, 2.45) is 4.99 Å². The molecule has 0 bridgehead atoms. The number of nitrogens with zero attached hydrogens (tertiary/aromatic N) is 1. The Labute approximate surface area is 133 Å². The van der Waals surface area contributed by atoms with Crippen molar-refractivity contribution in [2.45, 2.75) is 0 Å². The van der Waals surface area contributed by atoms with Crippen LogP contribution in [0, 0.1) is 0 Å². The van der Waals surface area contributed by atoms with Crippen molar-refractivity contribution in [3.63, 3.8) is 0 Å².